The molecule has 5 nitrogen and oxygen atoms in total. The number of fused-ring (bicyclic) bond motifs is 1. The second-order valence-electron chi connectivity index (χ2n) is 8.19. The number of hydrogen-bond acceptors (Lipinski definition) is 5. The van der Waals surface area contributed by atoms with Crippen molar-refractivity contribution in [2.75, 3.05) is 25.4 Å². The van der Waals surface area contributed by atoms with Crippen LogP contribution in [-0.4, -0.2) is 43.5 Å². The number of nitrogens with zero attached hydrogens (tertiary/aromatic N) is 1. The van der Waals surface area contributed by atoms with Gasteiger partial charge in [0.05, 0.1) is 10.3 Å². The maximum absolute atomic E-state index is 13.1. The van der Waals surface area contributed by atoms with Crippen LogP contribution in [0.5, 0.6) is 0 Å². The van der Waals surface area contributed by atoms with Gasteiger partial charge >= 0.3 is 6.18 Å². The molecule has 0 fully saturated rings. The second kappa shape index (κ2) is 11.0. The summed E-state index contributed by atoms with van der Waals surface area (Å²) in [5.41, 5.74) is -0.529. The van der Waals surface area contributed by atoms with E-state index in [2.05, 4.69) is 15.0 Å². The van der Waals surface area contributed by atoms with E-state index in [0.29, 0.717) is 29.3 Å². The van der Waals surface area contributed by atoms with Crippen LogP contribution in [0.25, 0.3) is 10.9 Å². The minimum absolute atomic E-state index is 0.342. The molecule has 1 heterocycles. The minimum Gasteiger partial charge on any atom is -0.316 e. The fraction of sp³-hybridized carbons (Fsp3) is 0.571. The Bertz CT molecular complexity index is 958. The number of rotatable bonds is 11. The van der Waals surface area contributed by atoms with Crippen molar-refractivity contribution in [1.29, 1.82) is 0 Å². The van der Waals surface area contributed by atoms with Crippen molar-refractivity contribution in [1.82, 2.24) is 15.0 Å². The Morgan fingerprint density at radius 2 is 1.68 bits per heavy atom. The molecule has 10 heteroatoms. The van der Waals surface area contributed by atoms with E-state index >= 15 is 0 Å². The fourth-order valence-electron chi connectivity index (χ4n) is 2.74. The maximum atomic E-state index is 13.1. The van der Waals surface area contributed by atoms with Crippen LogP contribution in [0, 0.1) is 0 Å². The molecule has 2 rings (SSSR count). The molecule has 0 atom stereocenters. The zero-order valence-corrected chi connectivity index (χ0v) is 19.7. The van der Waals surface area contributed by atoms with Crippen molar-refractivity contribution in [3.8, 4) is 0 Å². The number of nitrogens with one attached hydrogen (secondary N) is 2. The fourth-order valence-corrected chi connectivity index (χ4v) is 4.58. The standard InChI is InChI=1S/C21H30F3N3O2S2/c1-20(2,3)31(28,29)26-12-8-4-7-11-25-13-14-30-18-15-19(21(22,23)24)27-17-10-6-5-9-16(17)18/h5-6,9-10,15,25-26H,4,7-8,11-14H2,1-3H3. The van der Waals surface area contributed by atoms with Crippen molar-refractivity contribution in [2.45, 2.75) is 55.9 Å². The van der Waals surface area contributed by atoms with Crippen molar-refractivity contribution >= 4 is 32.7 Å². The number of pyridine rings is 1. The average Bonchev–Trinajstić information content (AvgIpc) is 2.67. The molecule has 174 valence electrons. The van der Waals surface area contributed by atoms with Crippen molar-refractivity contribution in [3.63, 3.8) is 0 Å². The highest BCUT2D eigenvalue weighted by Crippen LogP contribution is 2.34. The molecule has 0 saturated carbocycles. The number of benzene rings is 1. The summed E-state index contributed by atoms with van der Waals surface area (Å²) in [6.45, 7) is 6.85. The quantitative estimate of drug-likeness (QED) is 0.359. The molecule has 0 aliphatic heterocycles. The van der Waals surface area contributed by atoms with Gasteiger partial charge in [-0.25, -0.2) is 18.1 Å². The van der Waals surface area contributed by atoms with Crippen LogP contribution in [-0.2, 0) is 16.2 Å². The van der Waals surface area contributed by atoms with E-state index in [9.17, 15) is 21.6 Å². The number of para-hydroxylation sites is 1. The number of unbranched alkanes of at least 4 members (excludes halogenated alkanes) is 2. The minimum atomic E-state index is -4.47. The number of aromatic nitrogens is 1. The van der Waals surface area contributed by atoms with Crippen LogP contribution in [0.15, 0.2) is 35.2 Å². The van der Waals surface area contributed by atoms with Gasteiger partial charge in [-0.2, -0.15) is 13.2 Å². The van der Waals surface area contributed by atoms with Gasteiger partial charge in [-0.05, 0) is 52.3 Å². The van der Waals surface area contributed by atoms with Crippen LogP contribution in [0.2, 0.25) is 0 Å². The molecule has 2 aromatic rings. The SMILES string of the molecule is CC(C)(C)S(=O)(=O)NCCCCCNCCSc1cc(C(F)(F)F)nc2ccccc12. The summed E-state index contributed by atoms with van der Waals surface area (Å²) in [7, 11) is -3.30. The highest BCUT2D eigenvalue weighted by molar-refractivity contribution is 7.99. The molecule has 2 N–H and O–H groups in total. The molecule has 0 aliphatic rings. The first-order valence-electron chi connectivity index (χ1n) is 10.2. The zero-order valence-electron chi connectivity index (χ0n) is 18.1. The molecule has 0 aliphatic carbocycles. The van der Waals surface area contributed by atoms with E-state index in [1.807, 2.05) is 0 Å². The average molecular weight is 478 g/mol. The predicted molar refractivity (Wildman–Crippen MR) is 121 cm³/mol. The van der Waals surface area contributed by atoms with E-state index in [0.717, 1.165) is 37.3 Å². The Hall–Kier alpha value is -1.36. The first-order chi connectivity index (χ1) is 14.4. The third-order valence-electron chi connectivity index (χ3n) is 4.63. The Morgan fingerprint density at radius 1 is 1.00 bits per heavy atom. The number of sulfonamides is 1. The Kier molecular flexibility index (Phi) is 9.17. The topological polar surface area (TPSA) is 71.1 Å². The Labute approximate surface area is 186 Å². The molecule has 0 saturated heterocycles. The molecule has 0 unspecified atom stereocenters. The molecular weight excluding hydrogens is 447 g/mol. The largest absolute Gasteiger partial charge is 0.433 e. The lowest BCUT2D eigenvalue weighted by molar-refractivity contribution is -0.141. The number of hydrogen-bond donors (Lipinski definition) is 2. The van der Waals surface area contributed by atoms with Gasteiger partial charge < -0.3 is 5.32 Å². The first kappa shape index (κ1) is 25.9. The second-order valence-corrected chi connectivity index (χ2v) is 11.8. The van der Waals surface area contributed by atoms with Gasteiger partial charge in [-0.1, -0.05) is 24.6 Å². The summed E-state index contributed by atoms with van der Waals surface area (Å²) in [5, 5.41) is 4.00. The third kappa shape index (κ3) is 7.93. The lowest BCUT2D eigenvalue weighted by Crippen LogP contribution is -2.39. The molecule has 0 bridgehead atoms. The van der Waals surface area contributed by atoms with Crippen LogP contribution in [0.3, 0.4) is 0 Å². The van der Waals surface area contributed by atoms with Crippen LogP contribution in [0.4, 0.5) is 13.2 Å². The third-order valence-corrected chi connectivity index (χ3v) is 7.89. The van der Waals surface area contributed by atoms with Gasteiger partial charge in [-0.15, -0.1) is 11.8 Å². The normalized spacial score (nSPS) is 13.1. The van der Waals surface area contributed by atoms with Gasteiger partial charge in [0.1, 0.15) is 5.69 Å². The summed E-state index contributed by atoms with van der Waals surface area (Å²) in [6, 6.07) is 7.97. The van der Waals surface area contributed by atoms with Crippen molar-refractivity contribution in [3.05, 3.63) is 36.0 Å². The molecule has 31 heavy (non-hydrogen) atoms. The van der Waals surface area contributed by atoms with Crippen molar-refractivity contribution < 1.29 is 21.6 Å². The Balaban J connectivity index is 1.70. The highest BCUT2D eigenvalue weighted by atomic mass is 32.2. The molecule has 0 spiro atoms. The number of alkyl halides is 3. The maximum Gasteiger partial charge on any atom is 0.433 e. The predicted octanol–water partition coefficient (Wildman–Crippen LogP) is 4.82. The monoisotopic (exact) mass is 477 g/mol. The summed E-state index contributed by atoms with van der Waals surface area (Å²) in [6.07, 6.45) is -1.93. The molecule has 1 aromatic carbocycles. The lowest BCUT2D eigenvalue weighted by atomic mass is 10.2. The molecule has 0 amide bonds. The van der Waals surface area contributed by atoms with E-state index in [1.165, 1.54) is 11.8 Å². The van der Waals surface area contributed by atoms with Crippen LogP contribution in [0.1, 0.15) is 45.7 Å². The van der Waals surface area contributed by atoms with E-state index < -0.39 is 26.6 Å². The smallest absolute Gasteiger partial charge is 0.316 e. The first-order valence-corrected chi connectivity index (χ1v) is 12.7. The summed E-state index contributed by atoms with van der Waals surface area (Å²) in [4.78, 5) is 4.31. The van der Waals surface area contributed by atoms with Gasteiger partial charge in [0.2, 0.25) is 10.0 Å². The van der Waals surface area contributed by atoms with Gasteiger partial charge in [0.25, 0.3) is 0 Å². The summed E-state index contributed by atoms with van der Waals surface area (Å²) in [5.74, 6) is 0.636. The van der Waals surface area contributed by atoms with Crippen LogP contribution >= 0.6 is 11.8 Å². The highest BCUT2D eigenvalue weighted by Gasteiger charge is 2.33. The van der Waals surface area contributed by atoms with Crippen molar-refractivity contribution in [2.24, 2.45) is 0 Å². The summed E-state index contributed by atoms with van der Waals surface area (Å²) < 4.78 is 65.0. The van der Waals surface area contributed by atoms with E-state index in [-0.39, 0.29) is 0 Å². The lowest BCUT2D eigenvalue weighted by Gasteiger charge is -2.19. The van der Waals surface area contributed by atoms with Gasteiger partial charge in [0, 0.05) is 29.1 Å². The number of halogens is 3. The number of thioether (sulfide) groups is 1. The van der Waals surface area contributed by atoms with Gasteiger partial charge in [-0.3, -0.25) is 0 Å². The Morgan fingerprint density at radius 3 is 2.35 bits per heavy atom. The summed E-state index contributed by atoms with van der Waals surface area (Å²) >= 11 is 1.38. The van der Waals surface area contributed by atoms with E-state index in [4.69, 9.17) is 0 Å². The zero-order chi connectivity index (χ0) is 23.1. The van der Waals surface area contributed by atoms with Crippen LogP contribution < -0.4 is 10.0 Å². The molecular formula is C21H30F3N3O2S2. The van der Waals surface area contributed by atoms with Gasteiger partial charge in [0.15, 0.2) is 0 Å². The van der Waals surface area contributed by atoms with E-state index in [1.54, 1.807) is 45.0 Å². The molecule has 0 radical (unpaired) electrons. The molecule has 1 aromatic heterocycles.